The van der Waals surface area contributed by atoms with Crippen LogP contribution in [0.25, 0.3) is 0 Å². The van der Waals surface area contributed by atoms with E-state index in [1.807, 2.05) is 6.07 Å². The van der Waals surface area contributed by atoms with Gasteiger partial charge in [0.05, 0.1) is 11.3 Å². The van der Waals surface area contributed by atoms with Crippen molar-refractivity contribution in [3.63, 3.8) is 0 Å². The molecule has 0 radical (unpaired) electrons. The largest absolute Gasteiger partial charge is 0.355 e. The van der Waals surface area contributed by atoms with Crippen molar-refractivity contribution >= 4 is 23.5 Å². The summed E-state index contributed by atoms with van der Waals surface area (Å²) >= 11 is 1.22. The highest BCUT2D eigenvalue weighted by Gasteiger charge is 2.13. The molecule has 0 unspecified atom stereocenters. The Bertz CT molecular complexity index is 606. The molecule has 0 bridgehead atoms. The van der Waals surface area contributed by atoms with Gasteiger partial charge in [0.25, 0.3) is 0 Å². The molecule has 0 fully saturated rings. The van der Waals surface area contributed by atoms with Gasteiger partial charge in [-0.25, -0.2) is 4.98 Å². The molecule has 6 heteroatoms. The number of nitrogens with one attached hydrogen (secondary N) is 1. The zero-order chi connectivity index (χ0) is 16.7. The first-order valence-electron chi connectivity index (χ1n) is 7.17. The highest BCUT2D eigenvalue weighted by atomic mass is 32.2. The SMILES string of the molecule is CC(=O)c1cc(C#N)c(SCC(=O)NCCC(C)C)nc1C. The number of rotatable bonds is 7. The lowest BCUT2D eigenvalue weighted by Crippen LogP contribution is -2.27. The van der Waals surface area contributed by atoms with E-state index < -0.39 is 0 Å². The second-order valence-electron chi connectivity index (χ2n) is 5.46. The number of hydrogen-bond acceptors (Lipinski definition) is 5. The van der Waals surface area contributed by atoms with E-state index in [9.17, 15) is 9.59 Å². The summed E-state index contributed by atoms with van der Waals surface area (Å²) in [5.41, 5.74) is 1.35. The van der Waals surface area contributed by atoms with Crippen LogP contribution < -0.4 is 5.32 Å². The first-order chi connectivity index (χ1) is 10.3. The second-order valence-corrected chi connectivity index (χ2v) is 6.43. The second kappa shape index (κ2) is 8.54. The number of thioether (sulfide) groups is 1. The average molecular weight is 319 g/mol. The maximum atomic E-state index is 11.8. The first kappa shape index (κ1) is 18.2. The molecule has 0 saturated carbocycles. The smallest absolute Gasteiger partial charge is 0.230 e. The molecule has 0 aliphatic heterocycles. The average Bonchev–Trinajstić information content (AvgIpc) is 2.44. The summed E-state index contributed by atoms with van der Waals surface area (Å²) in [6.07, 6.45) is 0.935. The fourth-order valence-corrected chi connectivity index (χ4v) is 2.65. The number of carbonyl (C=O) groups is 2. The number of aryl methyl sites for hydroxylation is 1. The van der Waals surface area contributed by atoms with Crippen LogP contribution >= 0.6 is 11.8 Å². The highest BCUT2D eigenvalue weighted by molar-refractivity contribution is 8.00. The molecule has 0 spiro atoms. The van der Waals surface area contributed by atoms with Gasteiger partial charge in [-0.3, -0.25) is 9.59 Å². The van der Waals surface area contributed by atoms with E-state index in [4.69, 9.17) is 5.26 Å². The molecule has 0 atom stereocenters. The van der Waals surface area contributed by atoms with Gasteiger partial charge < -0.3 is 5.32 Å². The summed E-state index contributed by atoms with van der Waals surface area (Å²) in [6.45, 7) is 8.02. The zero-order valence-corrected chi connectivity index (χ0v) is 14.2. The molecule has 5 nitrogen and oxygen atoms in total. The third-order valence-electron chi connectivity index (χ3n) is 3.06. The van der Waals surface area contributed by atoms with E-state index in [1.165, 1.54) is 18.7 Å². The van der Waals surface area contributed by atoms with E-state index in [1.54, 1.807) is 13.0 Å². The van der Waals surface area contributed by atoms with Crippen LogP contribution in [0.15, 0.2) is 11.1 Å². The molecule has 1 aromatic rings. The first-order valence-corrected chi connectivity index (χ1v) is 8.15. The van der Waals surface area contributed by atoms with Crippen LogP contribution in [0.3, 0.4) is 0 Å². The van der Waals surface area contributed by atoms with Crippen LogP contribution in [0.5, 0.6) is 0 Å². The van der Waals surface area contributed by atoms with Crippen molar-refractivity contribution in [2.45, 2.75) is 39.1 Å². The Morgan fingerprint density at radius 3 is 2.68 bits per heavy atom. The molecule has 0 aromatic carbocycles. The number of pyridine rings is 1. The lowest BCUT2D eigenvalue weighted by Gasteiger charge is -2.09. The number of Topliss-reactive ketones (excluding diaryl/α,β-unsaturated/α-hetero) is 1. The minimum atomic E-state index is -0.121. The molecular weight excluding hydrogens is 298 g/mol. The molecule has 1 rings (SSSR count). The Balaban J connectivity index is 2.70. The van der Waals surface area contributed by atoms with Crippen LogP contribution in [-0.2, 0) is 4.79 Å². The van der Waals surface area contributed by atoms with E-state index in [0.29, 0.717) is 34.3 Å². The number of carbonyl (C=O) groups excluding carboxylic acids is 2. The van der Waals surface area contributed by atoms with Crippen molar-refractivity contribution in [1.82, 2.24) is 10.3 Å². The van der Waals surface area contributed by atoms with Crippen LogP contribution in [0.4, 0.5) is 0 Å². The minimum absolute atomic E-state index is 0.0790. The third-order valence-corrected chi connectivity index (χ3v) is 4.05. The van der Waals surface area contributed by atoms with E-state index in [2.05, 4.69) is 24.1 Å². The topological polar surface area (TPSA) is 82.8 Å². The molecule has 1 N–H and O–H groups in total. The number of hydrogen-bond donors (Lipinski definition) is 1. The number of amides is 1. The van der Waals surface area contributed by atoms with Crippen molar-refractivity contribution in [3.8, 4) is 6.07 Å². The maximum Gasteiger partial charge on any atom is 0.230 e. The van der Waals surface area contributed by atoms with Crippen LogP contribution in [-0.4, -0.2) is 29.0 Å². The molecule has 22 heavy (non-hydrogen) atoms. The molecule has 0 saturated heterocycles. The Morgan fingerprint density at radius 2 is 2.14 bits per heavy atom. The molecule has 0 aliphatic rings. The Kier molecular flexibility index (Phi) is 7.06. The summed E-state index contributed by atoms with van der Waals surface area (Å²) in [4.78, 5) is 27.5. The van der Waals surface area contributed by atoms with Gasteiger partial charge in [-0.2, -0.15) is 5.26 Å². The zero-order valence-electron chi connectivity index (χ0n) is 13.4. The quantitative estimate of drug-likeness (QED) is 0.617. The number of nitrogens with zero attached hydrogens (tertiary/aromatic N) is 2. The summed E-state index contributed by atoms with van der Waals surface area (Å²) in [5, 5.41) is 12.5. The van der Waals surface area contributed by atoms with Crippen molar-refractivity contribution in [2.24, 2.45) is 5.92 Å². The van der Waals surface area contributed by atoms with Crippen molar-refractivity contribution in [3.05, 3.63) is 22.9 Å². The number of aromatic nitrogens is 1. The van der Waals surface area contributed by atoms with Gasteiger partial charge in [-0.15, -0.1) is 0 Å². The van der Waals surface area contributed by atoms with Crippen molar-refractivity contribution in [2.75, 3.05) is 12.3 Å². The molecule has 118 valence electrons. The standard InChI is InChI=1S/C16H21N3O2S/c1-10(2)5-6-18-15(21)9-22-16-13(8-17)7-14(12(4)20)11(3)19-16/h7,10H,5-6,9H2,1-4H3,(H,18,21). The highest BCUT2D eigenvalue weighted by Crippen LogP contribution is 2.22. The molecule has 1 heterocycles. The Hall–Kier alpha value is -1.87. The molecule has 0 aliphatic carbocycles. The van der Waals surface area contributed by atoms with Gasteiger partial charge in [-0.1, -0.05) is 25.6 Å². The van der Waals surface area contributed by atoms with Gasteiger partial charge in [0.2, 0.25) is 5.91 Å². The summed E-state index contributed by atoms with van der Waals surface area (Å²) in [5.74, 6) is 0.550. The summed E-state index contributed by atoms with van der Waals surface area (Å²) in [7, 11) is 0. The minimum Gasteiger partial charge on any atom is -0.355 e. The third kappa shape index (κ3) is 5.49. The molecular formula is C16H21N3O2S. The number of nitriles is 1. The Labute approximate surface area is 135 Å². The maximum absolute atomic E-state index is 11.8. The summed E-state index contributed by atoms with van der Waals surface area (Å²) < 4.78 is 0. The normalized spacial score (nSPS) is 10.4. The predicted molar refractivity (Wildman–Crippen MR) is 86.9 cm³/mol. The predicted octanol–water partition coefficient (Wildman–Crippen LogP) is 2.72. The fourth-order valence-electron chi connectivity index (χ4n) is 1.81. The van der Waals surface area contributed by atoms with Crippen molar-refractivity contribution in [1.29, 1.82) is 5.26 Å². The summed E-state index contributed by atoms with van der Waals surface area (Å²) in [6, 6.07) is 3.58. The fraction of sp³-hybridized carbons (Fsp3) is 0.500. The van der Waals surface area contributed by atoms with Crippen molar-refractivity contribution < 1.29 is 9.59 Å². The van der Waals surface area contributed by atoms with Crippen LogP contribution in [0, 0.1) is 24.2 Å². The van der Waals surface area contributed by atoms with Gasteiger partial charge in [0.1, 0.15) is 11.1 Å². The monoisotopic (exact) mass is 319 g/mol. The van der Waals surface area contributed by atoms with Gasteiger partial charge in [0.15, 0.2) is 5.78 Å². The van der Waals surface area contributed by atoms with Crippen LogP contribution in [0.2, 0.25) is 0 Å². The van der Waals surface area contributed by atoms with Crippen LogP contribution in [0.1, 0.15) is 48.8 Å². The van der Waals surface area contributed by atoms with E-state index >= 15 is 0 Å². The van der Waals surface area contributed by atoms with Gasteiger partial charge in [-0.05, 0) is 32.3 Å². The number of ketones is 1. The van der Waals surface area contributed by atoms with Gasteiger partial charge >= 0.3 is 0 Å². The lowest BCUT2D eigenvalue weighted by molar-refractivity contribution is -0.118. The molecule has 1 amide bonds. The van der Waals surface area contributed by atoms with E-state index in [0.717, 1.165) is 6.42 Å². The van der Waals surface area contributed by atoms with Gasteiger partial charge in [0, 0.05) is 17.8 Å². The van der Waals surface area contributed by atoms with E-state index in [-0.39, 0.29) is 17.4 Å². The molecule has 1 aromatic heterocycles. The Morgan fingerprint density at radius 1 is 1.45 bits per heavy atom. The lowest BCUT2D eigenvalue weighted by atomic mass is 10.1.